The molecule has 0 bridgehead atoms. The number of hydrogen-bond donors (Lipinski definition) is 0. The highest BCUT2D eigenvalue weighted by Gasteiger charge is 2.28. The van der Waals surface area contributed by atoms with E-state index in [-0.39, 0.29) is 17.0 Å². The lowest BCUT2D eigenvalue weighted by molar-refractivity contribution is 0.224. The fraction of sp³-hybridized carbons (Fsp3) is 0.778. The van der Waals surface area contributed by atoms with E-state index >= 15 is 0 Å². The van der Waals surface area contributed by atoms with Crippen LogP contribution < -0.4 is 0 Å². The van der Waals surface area contributed by atoms with Gasteiger partial charge in [-0.3, -0.25) is 0 Å². The number of sulfone groups is 1. The van der Waals surface area contributed by atoms with Crippen molar-refractivity contribution in [1.82, 2.24) is 4.90 Å². The molecule has 1 aliphatic rings. The molecule has 0 amide bonds. The van der Waals surface area contributed by atoms with E-state index in [4.69, 9.17) is 0 Å². The summed E-state index contributed by atoms with van der Waals surface area (Å²) in [5.41, 5.74) is -0.108. The maximum atomic E-state index is 11.3. The quantitative estimate of drug-likeness (QED) is 0.588. The van der Waals surface area contributed by atoms with Crippen LogP contribution in [0.15, 0.2) is 12.2 Å². The minimum absolute atomic E-state index is 0.108. The van der Waals surface area contributed by atoms with Crippen molar-refractivity contribution in [3.05, 3.63) is 12.2 Å². The smallest absolute Gasteiger partial charge is 0.153 e. The first-order valence-electron chi connectivity index (χ1n) is 4.41. The summed E-state index contributed by atoms with van der Waals surface area (Å²) in [7, 11) is 1.11. The predicted octanol–water partition coefficient (Wildman–Crippen LogP) is 0.681. The van der Waals surface area contributed by atoms with Crippen LogP contribution in [0.5, 0.6) is 0 Å². The maximum absolute atomic E-state index is 11.3. The van der Waals surface area contributed by atoms with Crippen LogP contribution in [0.1, 0.15) is 13.3 Å². The largest absolute Gasteiger partial charge is 0.301 e. The first kappa shape index (κ1) is 10.7. The zero-order valence-electron chi connectivity index (χ0n) is 8.45. The van der Waals surface area contributed by atoms with Crippen LogP contribution in [0.3, 0.4) is 0 Å². The molecule has 4 heteroatoms. The highest BCUT2D eigenvalue weighted by Crippen LogP contribution is 2.22. The Balaban J connectivity index is 2.87. The van der Waals surface area contributed by atoms with Crippen LogP contribution >= 0.6 is 0 Å². The molecule has 0 radical (unpaired) electrons. The third-order valence-electron chi connectivity index (χ3n) is 2.77. The summed E-state index contributed by atoms with van der Waals surface area (Å²) in [5.74, 6) is 0.477. The van der Waals surface area contributed by atoms with Crippen LogP contribution in [-0.2, 0) is 9.84 Å². The molecule has 13 heavy (non-hydrogen) atoms. The summed E-state index contributed by atoms with van der Waals surface area (Å²) in [6.07, 6.45) is 4.44. The van der Waals surface area contributed by atoms with Crippen molar-refractivity contribution in [1.29, 1.82) is 0 Å². The van der Waals surface area contributed by atoms with Gasteiger partial charge in [-0.15, -0.1) is 0 Å². The molecule has 0 aromatic rings. The first-order chi connectivity index (χ1) is 5.86. The van der Waals surface area contributed by atoms with Crippen LogP contribution in [0, 0.1) is 0 Å². The van der Waals surface area contributed by atoms with Crippen LogP contribution in [0.2, 0.25) is 0 Å². The minimum Gasteiger partial charge on any atom is -0.301 e. The Morgan fingerprint density at radius 2 is 2.00 bits per heavy atom. The Morgan fingerprint density at radius 1 is 1.38 bits per heavy atom. The van der Waals surface area contributed by atoms with Crippen molar-refractivity contribution in [3.63, 3.8) is 0 Å². The second-order valence-electron chi connectivity index (χ2n) is 4.02. The molecule has 0 saturated heterocycles. The monoisotopic (exact) mass is 203 g/mol. The van der Waals surface area contributed by atoms with Gasteiger partial charge in [0.25, 0.3) is 0 Å². The average molecular weight is 203 g/mol. The van der Waals surface area contributed by atoms with Crippen LogP contribution in [-0.4, -0.2) is 44.5 Å². The number of likely N-dealkylation sites (N-methyl/N-ethyl adjacent to an activating group) is 1. The standard InChI is InChI=1S/C9H17NO2S/c1-9(10(2)3)5-4-7-13(11,12)8-6-9/h4-5H,6-8H2,1-3H3. The molecule has 0 spiro atoms. The molecule has 1 rings (SSSR count). The lowest BCUT2D eigenvalue weighted by Crippen LogP contribution is -2.40. The predicted molar refractivity (Wildman–Crippen MR) is 54.5 cm³/mol. The molecular weight excluding hydrogens is 186 g/mol. The molecule has 0 N–H and O–H groups in total. The lowest BCUT2D eigenvalue weighted by atomic mass is 9.97. The molecule has 1 heterocycles. The molecule has 1 aliphatic heterocycles. The van der Waals surface area contributed by atoms with E-state index < -0.39 is 9.84 Å². The summed E-state index contributed by atoms with van der Waals surface area (Å²) in [6, 6.07) is 0. The van der Waals surface area contributed by atoms with Gasteiger partial charge < -0.3 is 4.90 Å². The molecule has 0 aliphatic carbocycles. The zero-order chi connectivity index (χ0) is 10.1. The highest BCUT2D eigenvalue weighted by atomic mass is 32.2. The topological polar surface area (TPSA) is 37.4 Å². The van der Waals surface area contributed by atoms with Crippen molar-refractivity contribution >= 4 is 9.84 Å². The van der Waals surface area contributed by atoms with Gasteiger partial charge in [0, 0.05) is 5.54 Å². The Labute approximate surface area is 80.3 Å². The fourth-order valence-electron chi connectivity index (χ4n) is 1.35. The van der Waals surface area contributed by atoms with Crippen molar-refractivity contribution in [2.24, 2.45) is 0 Å². The molecule has 0 saturated carbocycles. The second kappa shape index (κ2) is 3.42. The molecular formula is C9H17NO2S. The van der Waals surface area contributed by atoms with Gasteiger partial charge in [0.15, 0.2) is 9.84 Å². The van der Waals surface area contributed by atoms with Gasteiger partial charge >= 0.3 is 0 Å². The Morgan fingerprint density at radius 3 is 2.54 bits per heavy atom. The minimum atomic E-state index is -2.84. The summed E-state index contributed by atoms with van der Waals surface area (Å²) < 4.78 is 22.6. The van der Waals surface area contributed by atoms with E-state index in [0.29, 0.717) is 6.42 Å². The maximum Gasteiger partial charge on any atom is 0.153 e. The molecule has 3 nitrogen and oxygen atoms in total. The van der Waals surface area contributed by atoms with Gasteiger partial charge in [-0.1, -0.05) is 12.2 Å². The Bertz CT molecular complexity index is 306. The number of nitrogens with zero attached hydrogens (tertiary/aromatic N) is 1. The van der Waals surface area contributed by atoms with Crippen LogP contribution in [0.25, 0.3) is 0 Å². The van der Waals surface area contributed by atoms with Gasteiger partial charge in [-0.05, 0) is 27.4 Å². The Hall–Kier alpha value is -0.350. The fourth-order valence-corrected chi connectivity index (χ4v) is 2.63. The molecule has 1 atom stereocenters. The summed E-state index contributed by atoms with van der Waals surface area (Å²) in [4.78, 5) is 2.06. The van der Waals surface area contributed by atoms with Crippen molar-refractivity contribution in [2.75, 3.05) is 25.6 Å². The van der Waals surface area contributed by atoms with Crippen molar-refractivity contribution in [3.8, 4) is 0 Å². The van der Waals surface area contributed by atoms with Crippen molar-refractivity contribution < 1.29 is 8.42 Å². The molecule has 76 valence electrons. The first-order valence-corrected chi connectivity index (χ1v) is 6.23. The molecule has 1 unspecified atom stereocenters. The lowest BCUT2D eigenvalue weighted by Gasteiger charge is -2.32. The van der Waals surface area contributed by atoms with Gasteiger partial charge in [-0.25, -0.2) is 8.42 Å². The summed E-state index contributed by atoms with van der Waals surface area (Å²) >= 11 is 0. The van der Waals surface area contributed by atoms with E-state index in [0.717, 1.165) is 0 Å². The summed E-state index contributed by atoms with van der Waals surface area (Å²) in [5, 5.41) is 0. The molecule has 0 aromatic heterocycles. The van der Waals surface area contributed by atoms with Gasteiger partial charge in [0.2, 0.25) is 0 Å². The molecule has 0 fully saturated rings. The number of hydrogen-bond acceptors (Lipinski definition) is 3. The third-order valence-corrected chi connectivity index (χ3v) is 4.29. The van der Waals surface area contributed by atoms with Crippen molar-refractivity contribution in [2.45, 2.75) is 18.9 Å². The van der Waals surface area contributed by atoms with Gasteiger partial charge in [0.1, 0.15) is 0 Å². The summed E-state index contributed by atoms with van der Waals surface area (Å²) in [6.45, 7) is 2.06. The normalized spacial score (nSPS) is 33.2. The van der Waals surface area contributed by atoms with E-state index in [1.54, 1.807) is 6.08 Å². The van der Waals surface area contributed by atoms with Gasteiger partial charge in [-0.2, -0.15) is 0 Å². The van der Waals surface area contributed by atoms with E-state index in [1.165, 1.54) is 0 Å². The third kappa shape index (κ3) is 2.54. The SMILES string of the molecule is CN(C)C1(C)C=CCS(=O)(=O)CC1. The average Bonchev–Trinajstić information content (AvgIpc) is 2.12. The van der Waals surface area contributed by atoms with E-state index in [2.05, 4.69) is 11.8 Å². The van der Waals surface area contributed by atoms with Gasteiger partial charge in [0.05, 0.1) is 11.5 Å². The van der Waals surface area contributed by atoms with E-state index in [9.17, 15) is 8.42 Å². The second-order valence-corrected chi connectivity index (χ2v) is 6.25. The van der Waals surface area contributed by atoms with Crippen LogP contribution in [0.4, 0.5) is 0 Å². The number of rotatable bonds is 1. The van der Waals surface area contributed by atoms with E-state index in [1.807, 2.05) is 20.2 Å². The Kier molecular flexibility index (Phi) is 2.82. The zero-order valence-corrected chi connectivity index (χ0v) is 9.26. The molecule has 0 aromatic carbocycles. The highest BCUT2D eigenvalue weighted by molar-refractivity contribution is 7.91.